The third-order valence-electron chi connectivity index (χ3n) is 5.00. The van der Waals surface area contributed by atoms with Crippen molar-refractivity contribution in [3.63, 3.8) is 0 Å². The van der Waals surface area contributed by atoms with Gasteiger partial charge in [0.15, 0.2) is 0 Å². The lowest BCUT2D eigenvalue weighted by atomic mass is 9.66. The monoisotopic (exact) mass is 282 g/mol. The van der Waals surface area contributed by atoms with E-state index in [1.165, 1.54) is 54.6 Å². The van der Waals surface area contributed by atoms with Crippen LogP contribution >= 0.6 is 0 Å². The highest BCUT2D eigenvalue weighted by atomic mass is 19.1. The molecule has 1 heterocycles. The Morgan fingerprint density at radius 2 is 1.81 bits per heavy atom. The van der Waals surface area contributed by atoms with E-state index in [0.29, 0.717) is 11.8 Å². The molecule has 0 aliphatic heterocycles. The smallest absolute Gasteiger partial charge is 0.125 e. The molecule has 3 aliphatic carbocycles. The maximum absolute atomic E-state index is 13.4. The summed E-state index contributed by atoms with van der Waals surface area (Å²) in [6, 6.07) is 6.64. The van der Waals surface area contributed by atoms with Crippen molar-refractivity contribution in [2.45, 2.75) is 44.4 Å². The molecule has 2 bridgehead atoms. The van der Waals surface area contributed by atoms with Crippen LogP contribution in [0, 0.1) is 12.7 Å². The minimum Gasteiger partial charge on any atom is -0.354 e. The van der Waals surface area contributed by atoms with Crippen molar-refractivity contribution >= 4 is 11.4 Å². The minimum absolute atomic E-state index is 0.213. The van der Waals surface area contributed by atoms with Gasteiger partial charge in [-0.1, -0.05) is 6.07 Å². The zero-order valence-corrected chi connectivity index (χ0v) is 12.2. The highest BCUT2D eigenvalue weighted by Gasteiger charge is 2.36. The van der Waals surface area contributed by atoms with Crippen molar-refractivity contribution in [1.82, 2.24) is 4.98 Å². The Hall–Kier alpha value is -1.90. The van der Waals surface area contributed by atoms with Crippen molar-refractivity contribution < 1.29 is 4.39 Å². The van der Waals surface area contributed by atoms with Crippen LogP contribution in [0.2, 0.25) is 0 Å². The molecule has 0 unspecified atom stereocenters. The van der Waals surface area contributed by atoms with Crippen LogP contribution in [0.5, 0.6) is 0 Å². The molecule has 5 rings (SSSR count). The Morgan fingerprint density at radius 3 is 2.52 bits per heavy atom. The number of aromatic nitrogens is 1. The summed E-state index contributed by atoms with van der Waals surface area (Å²) < 4.78 is 13.4. The lowest BCUT2D eigenvalue weighted by Gasteiger charge is -2.40. The van der Waals surface area contributed by atoms with E-state index in [9.17, 15) is 4.39 Å². The van der Waals surface area contributed by atoms with E-state index in [-0.39, 0.29) is 5.82 Å². The van der Waals surface area contributed by atoms with Gasteiger partial charge in [-0.05, 0) is 73.8 Å². The summed E-state index contributed by atoms with van der Waals surface area (Å²) in [6.07, 6.45) is 7.06. The minimum atomic E-state index is -0.213. The average Bonchev–Trinajstić information content (AvgIpc) is 2.51. The van der Waals surface area contributed by atoms with Crippen molar-refractivity contribution in [2.75, 3.05) is 5.32 Å². The maximum atomic E-state index is 13.4. The van der Waals surface area contributed by atoms with Gasteiger partial charge in [-0.3, -0.25) is 4.98 Å². The van der Waals surface area contributed by atoms with E-state index in [4.69, 9.17) is 0 Å². The van der Waals surface area contributed by atoms with E-state index < -0.39 is 0 Å². The van der Waals surface area contributed by atoms with Gasteiger partial charge in [0.2, 0.25) is 0 Å². The van der Waals surface area contributed by atoms with Crippen LogP contribution < -0.4 is 5.32 Å². The summed E-state index contributed by atoms with van der Waals surface area (Å²) in [7, 11) is 0. The van der Waals surface area contributed by atoms with E-state index in [1.807, 2.05) is 12.3 Å². The summed E-state index contributed by atoms with van der Waals surface area (Å²) in [5.74, 6) is 1.10. The van der Waals surface area contributed by atoms with Gasteiger partial charge in [0.25, 0.3) is 0 Å². The number of rotatable bonds is 2. The number of anilines is 2. The second-order valence-corrected chi connectivity index (χ2v) is 6.27. The number of halogens is 1. The molecule has 0 atom stereocenters. The first-order valence-electron chi connectivity index (χ1n) is 7.74. The summed E-state index contributed by atoms with van der Waals surface area (Å²) in [5.41, 5.74) is 5.93. The SMILES string of the molecule is Cc1ncc(Nc2cccc(F)c2)c2c1C1CCC2CC1. The number of benzene rings is 1. The van der Waals surface area contributed by atoms with Crippen LogP contribution in [0.3, 0.4) is 0 Å². The number of hydrogen-bond donors (Lipinski definition) is 1. The van der Waals surface area contributed by atoms with E-state index in [1.54, 1.807) is 6.07 Å². The van der Waals surface area contributed by atoms with Gasteiger partial charge in [0.1, 0.15) is 5.82 Å². The molecule has 3 heteroatoms. The Labute approximate surface area is 124 Å². The predicted molar refractivity (Wildman–Crippen MR) is 82.6 cm³/mol. The molecule has 3 aliphatic rings. The quantitative estimate of drug-likeness (QED) is 0.835. The molecule has 2 nitrogen and oxygen atoms in total. The molecule has 2 aromatic rings. The first kappa shape index (κ1) is 12.8. The van der Waals surface area contributed by atoms with Gasteiger partial charge in [0, 0.05) is 11.4 Å². The number of fused-ring (bicyclic) bond motifs is 2. The molecule has 1 N–H and O–H groups in total. The molecule has 0 spiro atoms. The highest BCUT2D eigenvalue weighted by Crippen LogP contribution is 2.52. The van der Waals surface area contributed by atoms with Gasteiger partial charge in [-0.15, -0.1) is 0 Å². The Balaban J connectivity index is 1.79. The number of nitrogens with one attached hydrogen (secondary N) is 1. The molecule has 21 heavy (non-hydrogen) atoms. The zero-order chi connectivity index (χ0) is 14.4. The van der Waals surface area contributed by atoms with Crippen molar-refractivity contribution in [1.29, 1.82) is 0 Å². The van der Waals surface area contributed by atoms with E-state index in [2.05, 4.69) is 17.2 Å². The van der Waals surface area contributed by atoms with Crippen molar-refractivity contribution in [3.8, 4) is 0 Å². The average molecular weight is 282 g/mol. The fraction of sp³-hybridized carbons (Fsp3) is 0.389. The number of hydrogen-bond acceptors (Lipinski definition) is 2. The number of pyridine rings is 1. The van der Waals surface area contributed by atoms with Crippen LogP contribution in [0.15, 0.2) is 30.5 Å². The van der Waals surface area contributed by atoms with Crippen LogP contribution in [0.25, 0.3) is 0 Å². The Morgan fingerprint density at radius 1 is 1.10 bits per heavy atom. The molecule has 1 saturated carbocycles. The van der Waals surface area contributed by atoms with E-state index >= 15 is 0 Å². The van der Waals surface area contributed by atoms with Crippen LogP contribution in [-0.4, -0.2) is 4.98 Å². The largest absolute Gasteiger partial charge is 0.354 e. The predicted octanol–water partition coefficient (Wildman–Crippen LogP) is 5.03. The third-order valence-corrected chi connectivity index (χ3v) is 5.00. The van der Waals surface area contributed by atoms with Crippen LogP contribution in [-0.2, 0) is 0 Å². The van der Waals surface area contributed by atoms with Crippen molar-refractivity contribution in [3.05, 3.63) is 53.1 Å². The number of aryl methyl sites for hydroxylation is 1. The summed E-state index contributed by atoms with van der Waals surface area (Å²) in [4.78, 5) is 4.57. The first-order valence-corrected chi connectivity index (χ1v) is 7.74. The van der Waals surface area contributed by atoms with E-state index in [0.717, 1.165) is 11.4 Å². The lowest BCUT2D eigenvalue weighted by molar-refractivity contribution is 0.357. The van der Waals surface area contributed by atoms with Gasteiger partial charge in [-0.25, -0.2) is 4.39 Å². The molecule has 108 valence electrons. The summed E-state index contributed by atoms with van der Waals surface area (Å²) in [6.45, 7) is 2.12. The van der Waals surface area contributed by atoms with Crippen molar-refractivity contribution in [2.24, 2.45) is 0 Å². The molecule has 0 saturated heterocycles. The van der Waals surface area contributed by atoms with Gasteiger partial charge < -0.3 is 5.32 Å². The van der Waals surface area contributed by atoms with Gasteiger partial charge >= 0.3 is 0 Å². The molecule has 0 amide bonds. The first-order chi connectivity index (χ1) is 10.2. The molecule has 1 aromatic heterocycles. The molecule has 1 aromatic carbocycles. The second kappa shape index (κ2) is 4.83. The number of nitrogens with zero attached hydrogens (tertiary/aromatic N) is 1. The summed E-state index contributed by atoms with van der Waals surface area (Å²) >= 11 is 0. The van der Waals surface area contributed by atoms with Crippen LogP contribution in [0.4, 0.5) is 15.8 Å². The lowest BCUT2D eigenvalue weighted by Crippen LogP contribution is -2.24. The van der Waals surface area contributed by atoms with Crippen LogP contribution in [0.1, 0.15) is 54.3 Å². The normalized spacial score (nSPS) is 23.0. The fourth-order valence-corrected chi connectivity index (χ4v) is 4.09. The molecular formula is C18H19FN2. The second-order valence-electron chi connectivity index (χ2n) is 6.27. The molecule has 0 radical (unpaired) electrons. The highest BCUT2D eigenvalue weighted by molar-refractivity contribution is 5.66. The topological polar surface area (TPSA) is 24.9 Å². The van der Waals surface area contributed by atoms with Gasteiger partial charge in [-0.2, -0.15) is 0 Å². The zero-order valence-electron chi connectivity index (χ0n) is 12.2. The maximum Gasteiger partial charge on any atom is 0.125 e. The Bertz CT molecular complexity index is 688. The molecule has 1 fully saturated rings. The fourth-order valence-electron chi connectivity index (χ4n) is 4.09. The summed E-state index contributed by atoms with van der Waals surface area (Å²) in [5, 5.41) is 3.38. The Kier molecular flexibility index (Phi) is 2.95. The standard InChI is InChI=1S/C18H19FN2/c1-11-17-12-5-7-13(8-6-12)18(17)16(10-20-11)21-15-4-2-3-14(19)9-15/h2-4,9-10,12-13,21H,5-8H2,1H3. The molecular weight excluding hydrogens is 263 g/mol. The third kappa shape index (κ3) is 2.11. The van der Waals surface area contributed by atoms with Gasteiger partial charge in [0.05, 0.1) is 11.9 Å².